The number of hydrogen-bond acceptors (Lipinski definition) is 2. The van der Waals surface area contributed by atoms with Gasteiger partial charge in [-0.1, -0.05) is 37.3 Å². The smallest absolute Gasteiger partial charge is 0.0741 e. The van der Waals surface area contributed by atoms with Crippen LogP contribution in [0.5, 0.6) is 0 Å². The van der Waals surface area contributed by atoms with Gasteiger partial charge in [0.15, 0.2) is 0 Å². The van der Waals surface area contributed by atoms with Gasteiger partial charge in [-0.05, 0) is 25.3 Å². The van der Waals surface area contributed by atoms with Crippen LogP contribution in [0.4, 0.5) is 0 Å². The standard InChI is InChI=1S/C14H21NO/c1-3-14(2,16)10-15-13-9-12(13)11-7-5-4-6-8-11/h4-8,12-13,15-16H,3,9-10H2,1-2H3. The molecule has 0 saturated heterocycles. The molecule has 1 aliphatic carbocycles. The zero-order chi connectivity index (χ0) is 11.6. The summed E-state index contributed by atoms with van der Waals surface area (Å²) >= 11 is 0. The number of nitrogens with one attached hydrogen (secondary N) is 1. The van der Waals surface area contributed by atoms with Crippen LogP contribution < -0.4 is 5.32 Å². The molecule has 2 heteroatoms. The monoisotopic (exact) mass is 219 g/mol. The molecule has 1 aromatic carbocycles. The third-order valence-corrected chi connectivity index (χ3v) is 3.52. The fraction of sp³-hybridized carbons (Fsp3) is 0.571. The normalized spacial score (nSPS) is 27.4. The van der Waals surface area contributed by atoms with E-state index in [4.69, 9.17) is 0 Å². The van der Waals surface area contributed by atoms with Crippen molar-refractivity contribution in [3.05, 3.63) is 35.9 Å². The van der Waals surface area contributed by atoms with E-state index in [-0.39, 0.29) is 0 Å². The molecule has 0 radical (unpaired) electrons. The van der Waals surface area contributed by atoms with E-state index in [1.165, 1.54) is 12.0 Å². The van der Waals surface area contributed by atoms with Crippen molar-refractivity contribution in [2.45, 2.75) is 44.2 Å². The Morgan fingerprint density at radius 2 is 2.06 bits per heavy atom. The molecule has 88 valence electrons. The van der Waals surface area contributed by atoms with Crippen molar-refractivity contribution >= 4 is 0 Å². The van der Waals surface area contributed by atoms with Crippen molar-refractivity contribution in [1.29, 1.82) is 0 Å². The molecule has 2 nitrogen and oxygen atoms in total. The first kappa shape index (κ1) is 11.6. The summed E-state index contributed by atoms with van der Waals surface area (Å²) in [6.07, 6.45) is 1.99. The van der Waals surface area contributed by atoms with Crippen molar-refractivity contribution in [2.24, 2.45) is 0 Å². The highest BCUT2D eigenvalue weighted by Crippen LogP contribution is 2.40. The van der Waals surface area contributed by atoms with Gasteiger partial charge < -0.3 is 10.4 Å². The number of aliphatic hydroxyl groups is 1. The highest BCUT2D eigenvalue weighted by atomic mass is 16.3. The second kappa shape index (κ2) is 4.56. The topological polar surface area (TPSA) is 32.3 Å². The predicted molar refractivity (Wildman–Crippen MR) is 66.5 cm³/mol. The van der Waals surface area contributed by atoms with Gasteiger partial charge in [0.05, 0.1) is 5.60 Å². The maximum absolute atomic E-state index is 9.89. The zero-order valence-electron chi connectivity index (χ0n) is 10.1. The van der Waals surface area contributed by atoms with Gasteiger partial charge >= 0.3 is 0 Å². The molecular weight excluding hydrogens is 198 g/mol. The average molecular weight is 219 g/mol. The molecule has 0 bridgehead atoms. The summed E-state index contributed by atoms with van der Waals surface area (Å²) in [6, 6.07) is 11.2. The molecule has 1 fully saturated rings. The van der Waals surface area contributed by atoms with Gasteiger partial charge in [0.2, 0.25) is 0 Å². The fourth-order valence-corrected chi connectivity index (χ4v) is 1.97. The molecule has 1 saturated carbocycles. The quantitative estimate of drug-likeness (QED) is 0.796. The minimum Gasteiger partial charge on any atom is -0.389 e. The number of benzene rings is 1. The summed E-state index contributed by atoms with van der Waals surface area (Å²) in [4.78, 5) is 0. The van der Waals surface area contributed by atoms with Gasteiger partial charge in [0.25, 0.3) is 0 Å². The average Bonchev–Trinajstić information content (AvgIpc) is 3.07. The summed E-state index contributed by atoms with van der Waals surface area (Å²) in [7, 11) is 0. The highest BCUT2D eigenvalue weighted by Gasteiger charge is 2.38. The Hall–Kier alpha value is -0.860. The first-order valence-corrected chi connectivity index (χ1v) is 6.13. The molecule has 0 heterocycles. The Balaban J connectivity index is 1.80. The van der Waals surface area contributed by atoms with Crippen LogP contribution in [0, 0.1) is 0 Å². The van der Waals surface area contributed by atoms with Gasteiger partial charge in [0, 0.05) is 18.5 Å². The fourth-order valence-electron chi connectivity index (χ4n) is 1.97. The molecule has 1 aromatic rings. The Kier molecular flexibility index (Phi) is 3.31. The molecule has 1 aliphatic rings. The molecule has 0 amide bonds. The molecule has 0 aromatic heterocycles. The lowest BCUT2D eigenvalue weighted by Crippen LogP contribution is -2.38. The number of hydrogen-bond donors (Lipinski definition) is 2. The molecule has 0 aliphatic heterocycles. The maximum Gasteiger partial charge on any atom is 0.0741 e. The zero-order valence-corrected chi connectivity index (χ0v) is 10.1. The van der Waals surface area contributed by atoms with Crippen molar-refractivity contribution in [2.75, 3.05) is 6.54 Å². The van der Waals surface area contributed by atoms with E-state index in [0.29, 0.717) is 18.5 Å². The van der Waals surface area contributed by atoms with Crippen molar-refractivity contribution in [3.63, 3.8) is 0 Å². The Bertz CT molecular complexity index is 334. The van der Waals surface area contributed by atoms with Crippen molar-refractivity contribution < 1.29 is 5.11 Å². The van der Waals surface area contributed by atoms with Gasteiger partial charge in [-0.2, -0.15) is 0 Å². The van der Waals surface area contributed by atoms with Crippen LogP contribution in [0.1, 0.15) is 38.2 Å². The third kappa shape index (κ3) is 2.83. The van der Waals surface area contributed by atoms with Crippen molar-refractivity contribution in [3.8, 4) is 0 Å². The summed E-state index contributed by atoms with van der Waals surface area (Å²) in [6.45, 7) is 4.60. The minimum atomic E-state index is -0.566. The molecular formula is C14H21NO. The van der Waals surface area contributed by atoms with Gasteiger partial charge in [0.1, 0.15) is 0 Å². The minimum absolute atomic E-state index is 0.556. The largest absolute Gasteiger partial charge is 0.389 e. The van der Waals surface area contributed by atoms with Crippen LogP contribution in [0.2, 0.25) is 0 Å². The van der Waals surface area contributed by atoms with Crippen LogP contribution in [-0.2, 0) is 0 Å². The van der Waals surface area contributed by atoms with Crippen LogP contribution in [-0.4, -0.2) is 23.3 Å². The third-order valence-electron chi connectivity index (χ3n) is 3.52. The lowest BCUT2D eigenvalue weighted by molar-refractivity contribution is 0.0553. The van der Waals surface area contributed by atoms with Gasteiger partial charge in [-0.25, -0.2) is 0 Å². The molecule has 3 unspecified atom stereocenters. The summed E-state index contributed by atoms with van der Waals surface area (Å²) in [5.41, 5.74) is 0.847. The lowest BCUT2D eigenvalue weighted by atomic mass is 10.0. The molecule has 2 N–H and O–H groups in total. The van der Waals surface area contributed by atoms with E-state index in [1.54, 1.807) is 0 Å². The Morgan fingerprint density at radius 1 is 1.38 bits per heavy atom. The van der Waals surface area contributed by atoms with Gasteiger partial charge in [-0.15, -0.1) is 0 Å². The first-order chi connectivity index (χ1) is 7.62. The highest BCUT2D eigenvalue weighted by molar-refractivity contribution is 5.27. The van der Waals surface area contributed by atoms with E-state index in [2.05, 4.69) is 35.6 Å². The van der Waals surface area contributed by atoms with Crippen LogP contribution in [0.15, 0.2) is 30.3 Å². The summed E-state index contributed by atoms with van der Waals surface area (Å²) < 4.78 is 0. The summed E-state index contributed by atoms with van der Waals surface area (Å²) in [5.74, 6) is 0.647. The molecule has 2 rings (SSSR count). The molecule has 3 atom stereocenters. The van der Waals surface area contributed by atoms with Crippen molar-refractivity contribution in [1.82, 2.24) is 5.32 Å². The van der Waals surface area contributed by atoms with E-state index < -0.39 is 5.60 Å². The number of rotatable bonds is 5. The Labute approximate surface area is 97.7 Å². The first-order valence-electron chi connectivity index (χ1n) is 6.13. The second-order valence-corrected chi connectivity index (χ2v) is 5.09. The van der Waals surface area contributed by atoms with Gasteiger partial charge in [-0.3, -0.25) is 0 Å². The predicted octanol–water partition coefficient (Wildman–Crippen LogP) is 2.29. The molecule has 0 spiro atoms. The van der Waals surface area contributed by atoms with E-state index in [1.807, 2.05) is 13.8 Å². The van der Waals surface area contributed by atoms with E-state index >= 15 is 0 Å². The molecule has 16 heavy (non-hydrogen) atoms. The van der Waals surface area contributed by atoms with E-state index in [0.717, 1.165) is 6.42 Å². The SMILES string of the molecule is CCC(C)(O)CNC1CC1c1ccccc1. The van der Waals surface area contributed by atoms with Crippen LogP contribution >= 0.6 is 0 Å². The van der Waals surface area contributed by atoms with Crippen LogP contribution in [0.25, 0.3) is 0 Å². The Morgan fingerprint density at radius 3 is 2.69 bits per heavy atom. The van der Waals surface area contributed by atoms with E-state index in [9.17, 15) is 5.11 Å². The summed E-state index contributed by atoms with van der Waals surface area (Å²) in [5, 5.41) is 13.3. The second-order valence-electron chi connectivity index (χ2n) is 5.09. The van der Waals surface area contributed by atoms with Crippen LogP contribution in [0.3, 0.4) is 0 Å². The maximum atomic E-state index is 9.89. The lowest BCUT2D eigenvalue weighted by Gasteiger charge is -2.21.